The molecule has 0 aromatic carbocycles. The molecule has 2 fully saturated rings. The minimum Gasteiger partial charge on any atom is -0.372 e. The van der Waals surface area contributed by atoms with E-state index >= 15 is 0 Å². The lowest BCUT2D eigenvalue weighted by molar-refractivity contribution is -0.145. The molecule has 1 aliphatic carbocycles. The molecule has 0 radical (unpaired) electrons. The van der Waals surface area contributed by atoms with Crippen molar-refractivity contribution in [3.8, 4) is 0 Å². The van der Waals surface area contributed by atoms with Gasteiger partial charge in [0.05, 0.1) is 11.7 Å². The van der Waals surface area contributed by atoms with E-state index in [-0.39, 0.29) is 5.60 Å². The van der Waals surface area contributed by atoms with Crippen LogP contribution in [0.4, 0.5) is 0 Å². The quantitative estimate of drug-likeness (QED) is 0.534. The normalized spacial score (nSPS) is 44.3. The molecule has 0 N–H and O–H groups in total. The van der Waals surface area contributed by atoms with E-state index in [1.54, 1.807) is 0 Å². The molecule has 2 rings (SSSR count). The minimum absolute atomic E-state index is 0.173. The molecule has 0 bridgehead atoms. The van der Waals surface area contributed by atoms with Crippen LogP contribution in [0.1, 0.15) is 52.4 Å². The second-order valence-electron chi connectivity index (χ2n) is 5.44. The monoisotopic (exact) mass is 194 g/mol. The van der Waals surface area contributed by atoms with E-state index in [4.69, 9.17) is 4.74 Å². The first-order chi connectivity index (χ1) is 6.60. The van der Waals surface area contributed by atoms with Crippen LogP contribution in [-0.4, -0.2) is 11.7 Å². The molecule has 1 heteroatoms. The van der Waals surface area contributed by atoms with Gasteiger partial charge in [-0.05, 0) is 51.4 Å². The second kappa shape index (κ2) is 3.69. The number of rotatable bonds is 0. The topological polar surface area (TPSA) is 9.23 Å². The molecule has 80 valence electrons. The predicted molar refractivity (Wildman–Crippen MR) is 59.3 cm³/mol. The lowest BCUT2D eigenvalue weighted by Crippen LogP contribution is -2.44. The maximum atomic E-state index is 6.19. The van der Waals surface area contributed by atoms with Crippen LogP contribution in [-0.2, 0) is 4.74 Å². The molecule has 0 aromatic heterocycles. The van der Waals surface area contributed by atoms with Crippen LogP contribution in [0.3, 0.4) is 0 Å². The van der Waals surface area contributed by atoms with Crippen molar-refractivity contribution in [3.63, 3.8) is 0 Å². The highest BCUT2D eigenvalue weighted by atomic mass is 16.5. The molecule has 1 aliphatic heterocycles. The molecule has 0 amide bonds. The molecular formula is C13H22O. The molecule has 2 aliphatic rings. The van der Waals surface area contributed by atoms with Gasteiger partial charge in [-0.2, -0.15) is 0 Å². The van der Waals surface area contributed by atoms with Crippen molar-refractivity contribution < 1.29 is 4.74 Å². The molecule has 14 heavy (non-hydrogen) atoms. The van der Waals surface area contributed by atoms with Crippen molar-refractivity contribution in [1.82, 2.24) is 0 Å². The second-order valence-corrected chi connectivity index (χ2v) is 5.44. The third-order valence-corrected chi connectivity index (χ3v) is 3.64. The third kappa shape index (κ3) is 2.03. The molecule has 0 unspecified atom stereocenters. The summed E-state index contributed by atoms with van der Waals surface area (Å²) in [5, 5.41) is 0. The summed E-state index contributed by atoms with van der Waals surface area (Å²) in [5.41, 5.74) is 1.57. The lowest BCUT2D eigenvalue weighted by atomic mass is 9.74. The zero-order valence-electron chi connectivity index (χ0n) is 9.51. The summed E-state index contributed by atoms with van der Waals surface area (Å²) in [6.07, 6.45) is 7.78. The van der Waals surface area contributed by atoms with Gasteiger partial charge < -0.3 is 4.74 Å². The highest BCUT2D eigenvalue weighted by molar-refractivity contribution is 5.07. The molecule has 0 aromatic rings. The van der Waals surface area contributed by atoms with Gasteiger partial charge in [0, 0.05) is 0 Å². The lowest BCUT2D eigenvalue weighted by Gasteiger charge is -2.46. The smallest absolute Gasteiger partial charge is 0.0725 e. The Hall–Kier alpha value is -0.300. The van der Waals surface area contributed by atoms with Crippen LogP contribution in [0.25, 0.3) is 0 Å². The van der Waals surface area contributed by atoms with E-state index in [9.17, 15) is 0 Å². The molecule has 1 saturated carbocycles. The van der Waals surface area contributed by atoms with E-state index < -0.39 is 0 Å². The maximum Gasteiger partial charge on any atom is 0.0725 e. The molecular weight excluding hydrogens is 172 g/mol. The summed E-state index contributed by atoms with van der Waals surface area (Å²) in [6, 6.07) is 0. The first kappa shape index (κ1) is 10.2. The molecule has 1 spiro atoms. The Kier molecular flexibility index (Phi) is 2.70. The molecule has 3 atom stereocenters. The van der Waals surface area contributed by atoms with Gasteiger partial charge in [0.25, 0.3) is 0 Å². The van der Waals surface area contributed by atoms with Crippen molar-refractivity contribution in [1.29, 1.82) is 0 Å². The van der Waals surface area contributed by atoms with Gasteiger partial charge in [-0.3, -0.25) is 0 Å². The first-order valence-corrected chi connectivity index (χ1v) is 5.94. The highest BCUT2D eigenvalue weighted by Crippen LogP contribution is 2.43. The number of ether oxygens (including phenoxy) is 1. The van der Waals surface area contributed by atoms with E-state index in [1.807, 2.05) is 0 Å². The Morgan fingerprint density at radius 2 is 2.21 bits per heavy atom. The highest BCUT2D eigenvalue weighted by Gasteiger charge is 2.40. The number of hydrogen-bond acceptors (Lipinski definition) is 1. The largest absolute Gasteiger partial charge is 0.372 e. The Morgan fingerprint density at radius 1 is 1.43 bits per heavy atom. The average molecular weight is 194 g/mol. The van der Waals surface area contributed by atoms with Crippen molar-refractivity contribution in [2.24, 2.45) is 5.92 Å². The average Bonchev–Trinajstić information content (AvgIpc) is 1.99. The summed E-state index contributed by atoms with van der Waals surface area (Å²) >= 11 is 0. The molecule has 1 heterocycles. The third-order valence-electron chi connectivity index (χ3n) is 3.64. The van der Waals surface area contributed by atoms with Gasteiger partial charge >= 0.3 is 0 Å². The van der Waals surface area contributed by atoms with E-state index in [1.165, 1.54) is 37.7 Å². The van der Waals surface area contributed by atoms with Gasteiger partial charge in [0.2, 0.25) is 0 Å². The fourth-order valence-electron chi connectivity index (χ4n) is 3.38. The Bertz CT molecular complexity index is 221. The Balaban J connectivity index is 2.09. The van der Waals surface area contributed by atoms with Gasteiger partial charge in [0.1, 0.15) is 0 Å². The van der Waals surface area contributed by atoms with E-state index in [0.29, 0.717) is 6.10 Å². The Morgan fingerprint density at radius 3 is 2.86 bits per heavy atom. The summed E-state index contributed by atoms with van der Waals surface area (Å²) in [4.78, 5) is 0. The van der Waals surface area contributed by atoms with Gasteiger partial charge in [-0.1, -0.05) is 19.1 Å². The van der Waals surface area contributed by atoms with Crippen molar-refractivity contribution in [2.75, 3.05) is 0 Å². The van der Waals surface area contributed by atoms with E-state index in [2.05, 4.69) is 20.4 Å². The summed E-state index contributed by atoms with van der Waals surface area (Å²) < 4.78 is 6.19. The zero-order chi connectivity index (χ0) is 10.2. The summed E-state index contributed by atoms with van der Waals surface area (Å²) in [7, 11) is 0. The van der Waals surface area contributed by atoms with Crippen LogP contribution in [0, 0.1) is 5.92 Å². The van der Waals surface area contributed by atoms with Gasteiger partial charge in [-0.25, -0.2) is 0 Å². The zero-order valence-corrected chi connectivity index (χ0v) is 9.51. The fourth-order valence-corrected chi connectivity index (χ4v) is 3.38. The van der Waals surface area contributed by atoms with Crippen molar-refractivity contribution in [3.05, 3.63) is 12.2 Å². The summed E-state index contributed by atoms with van der Waals surface area (Å²) in [5.74, 6) is 0.824. The van der Waals surface area contributed by atoms with Crippen LogP contribution >= 0.6 is 0 Å². The molecule has 1 nitrogen and oxygen atoms in total. The Labute approximate surface area is 87.5 Å². The maximum absolute atomic E-state index is 6.19. The van der Waals surface area contributed by atoms with Crippen LogP contribution in [0.5, 0.6) is 0 Å². The SMILES string of the molecule is C=C1CCC[C@]2(C1)C[C@@H](C)C[C@H](C)O2. The summed E-state index contributed by atoms with van der Waals surface area (Å²) in [6.45, 7) is 8.71. The van der Waals surface area contributed by atoms with Gasteiger partial charge in [0.15, 0.2) is 0 Å². The van der Waals surface area contributed by atoms with Crippen LogP contribution in [0.2, 0.25) is 0 Å². The molecule has 1 saturated heterocycles. The standard InChI is InChI=1S/C13H22O/c1-10-5-4-6-13(8-10)9-11(2)7-12(3)14-13/h11-12H,1,4-9H2,2-3H3/t11-,12-,13-/m0/s1. The van der Waals surface area contributed by atoms with E-state index in [0.717, 1.165) is 12.3 Å². The fraction of sp³-hybridized carbons (Fsp3) is 0.846. The number of hydrogen-bond donors (Lipinski definition) is 0. The first-order valence-electron chi connectivity index (χ1n) is 5.94. The van der Waals surface area contributed by atoms with Gasteiger partial charge in [-0.15, -0.1) is 0 Å². The minimum atomic E-state index is 0.173. The van der Waals surface area contributed by atoms with Crippen molar-refractivity contribution in [2.45, 2.75) is 64.1 Å². The van der Waals surface area contributed by atoms with Crippen molar-refractivity contribution >= 4 is 0 Å². The predicted octanol–water partition coefficient (Wildman–Crippen LogP) is 3.69. The van der Waals surface area contributed by atoms with Crippen LogP contribution in [0.15, 0.2) is 12.2 Å². The van der Waals surface area contributed by atoms with Crippen LogP contribution < -0.4 is 0 Å².